The van der Waals surface area contributed by atoms with Crippen molar-refractivity contribution < 1.29 is 24.1 Å². The van der Waals surface area contributed by atoms with Gasteiger partial charge < -0.3 is 24.2 Å². The van der Waals surface area contributed by atoms with E-state index in [0.29, 0.717) is 31.2 Å². The summed E-state index contributed by atoms with van der Waals surface area (Å²) in [4.78, 5) is 13.1. The number of nitrogens with zero attached hydrogens (tertiary/aromatic N) is 1. The van der Waals surface area contributed by atoms with E-state index in [9.17, 15) is 4.79 Å². The number of hydrogen-bond acceptors (Lipinski definition) is 6. The average molecular weight is 267 g/mol. The molecule has 0 amide bonds. The molecule has 0 saturated heterocycles. The normalized spacial score (nSPS) is 13.5. The Bertz CT molecular complexity index is 449. The lowest BCUT2D eigenvalue weighted by Crippen LogP contribution is -2.35. The van der Waals surface area contributed by atoms with Crippen molar-refractivity contribution in [2.75, 3.05) is 44.9 Å². The van der Waals surface area contributed by atoms with Crippen molar-refractivity contribution in [1.82, 2.24) is 0 Å². The molecule has 2 rings (SSSR count). The molecule has 0 fully saturated rings. The van der Waals surface area contributed by atoms with E-state index >= 15 is 0 Å². The lowest BCUT2D eigenvalue weighted by molar-refractivity contribution is -0.142. The van der Waals surface area contributed by atoms with Crippen LogP contribution in [0.3, 0.4) is 0 Å². The molecule has 6 nitrogen and oxygen atoms in total. The topological polar surface area (TPSA) is 68.2 Å². The summed E-state index contributed by atoms with van der Waals surface area (Å²) in [7, 11) is 1.31. The number of anilines is 1. The zero-order chi connectivity index (χ0) is 13.7. The minimum Gasteiger partial charge on any atom is -0.486 e. The number of carbonyl (C=O) groups is 1. The van der Waals surface area contributed by atoms with Crippen LogP contribution < -0.4 is 14.4 Å². The highest BCUT2D eigenvalue weighted by Gasteiger charge is 2.21. The van der Waals surface area contributed by atoms with Crippen LogP contribution >= 0.6 is 0 Å². The maximum atomic E-state index is 11.1. The molecule has 1 heterocycles. The summed E-state index contributed by atoms with van der Waals surface area (Å²) in [6.07, 6.45) is 0. The molecular formula is C13H17NO5. The molecular weight excluding hydrogens is 250 g/mol. The standard InChI is InChI=1S/C13H17NO5/c1-17-12(16)9-19-11-4-2-3-10-13(11)18-8-6-14(10)5-7-15/h2-4,15H,5-9H2,1H3. The second-order valence-electron chi connectivity index (χ2n) is 4.03. The number of benzene rings is 1. The Morgan fingerprint density at radius 1 is 1.53 bits per heavy atom. The molecule has 0 atom stereocenters. The highest BCUT2D eigenvalue weighted by molar-refractivity contribution is 5.72. The Balaban J connectivity index is 2.17. The van der Waals surface area contributed by atoms with Crippen molar-refractivity contribution in [3.63, 3.8) is 0 Å². The summed E-state index contributed by atoms with van der Waals surface area (Å²) in [6, 6.07) is 5.46. The van der Waals surface area contributed by atoms with Gasteiger partial charge in [-0.1, -0.05) is 6.07 Å². The van der Waals surface area contributed by atoms with Crippen LogP contribution in [-0.4, -0.2) is 51.1 Å². The lowest BCUT2D eigenvalue weighted by Gasteiger charge is -2.31. The number of aliphatic hydroxyl groups is 1. The molecule has 1 N–H and O–H groups in total. The van der Waals surface area contributed by atoms with Gasteiger partial charge in [-0.2, -0.15) is 0 Å². The van der Waals surface area contributed by atoms with E-state index in [1.54, 1.807) is 6.07 Å². The van der Waals surface area contributed by atoms with Gasteiger partial charge in [0.05, 0.1) is 25.9 Å². The molecule has 1 aliphatic heterocycles. The first-order valence-electron chi connectivity index (χ1n) is 6.07. The summed E-state index contributed by atoms with van der Waals surface area (Å²) in [6.45, 7) is 1.69. The summed E-state index contributed by atoms with van der Waals surface area (Å²) < 4.78 is 15.5. The van der Waals surface area contributed by atoms with Gasteiger partial charge >= 0.3 is 5.97 Å². The largest absolute Gasteiger partial charge is 0.486 e. The van der Waals surface area contributed by atoms with Gasteiger partial charge in [0.1, 0.15) is 6.61 Å². The number of aliphatic hydroxyl groups excluding tert-OH is 1. The van der Waals surface area contributed by atoms with Crippen molar-refractivity contribution in [2.45, 2.75) is 0 Å². The number of β-amino-alcohol motifs (C(OH)–C–C–N with tert-alkyl or cyclic N) is 1. The number of ether oxygens (including phenoxy) is 3. The number of esters is 1. The van der Waals surface area contributed by atoms with Crippen LogP contribution in [0, 0.1) is 0 Å². The summed E-state index contributed by atoms with van der Waals surface area (Å²) in [5.74, 6) is 0.664. The summed E-state index contributed by atoms with van der Waals surface area (Å²) in [5.41, 5.74) is 0.864. The molecule has 19 heavy (non-hydrogen) atoms. The highest BCUT2D eigenvalue weighted by atomic mass is 16.6. The smallest absolute Gasteiger partial charge is 0.343 e. The van der Waals surface area contributed by atoms with Crippen LogP contribution in [0.5, 0.6) is 11.5 Å². The number of para-hydroxylation sites is 1. The highest BCUT2D eigenvalue weighted by Crippen LogP contribution is 2.39. The van der Waals surface area contributed by atoms with Gasteiger partial charge in [-0.15, -0.1) is 0 Å². The molecule has 0 aliphatic carbocycles. The molecule has 0 bridgehead atoms. The first-order valence-corrected chi connectivity index (χ1v) is 6.07. The zero-order valence-corrected chi connectivity index (χ0v) is 10.8. The SMILES string of the molecule is COC(=O)COc1cccc2c1OCCN2CCO. The van der Waals surface area contributed by atoms with E-state index in [-0.39, 0.29) is 13.2 Å². The molecule has 0 aromatic heterocycles. The molecule has 1 aromatic carbocycles. The van der Waals surface area contributed by atoms with Crippen LogP contribution in [0.1, 0.15) is 0 Å². The number of fused-ring (bicyclic) bond motifs is 1. The minimum absolute atomic E-state index is 0.0761. The number of hydrogen-bond donors (Lipinski definition) is 1. The first kappa shape index (κ1) is 13.5. The monoisotopic (exact) mass is 267 g/mol. The minimum atomic E-state index is -0.444. The number of rotatable bonds is 5. The van der Waals surface area contributed by atoms with Crippen molar-refractivity contribution in [1.29, 1.82) is 0 Å². The van der Waals surface area contributed by atoms with Crippen molar-refractivity contribution in [3.8, 4) is 11.5 Å². The second-order valence-corrected chi connectivity index (χ2v) is 4.03. The molecule has 0 spiro atoms. The Kier molecular flexibility index (Phi) is 4.46. The Labute approximate surface area is 111 Å². The maximum Gasteiger partial charge on any atom is 0.343 e. The Morgan fingerprint density at radius 2 is 2.37 bits per heavy atom. The fourth-order valence-corrected chi connectivity index (χ4v) is 1.94. The van der Waals surface area contributed by atoms with Gasteiger partial charge in [0.15, 0.2) is 18.1 Å². The van der Waals surface area contributed by atoms with Crippen LogP contribution in [0.15, 0.2) is 18.2 Å². The van der Waals surface area contributed by atoms with Gasteiger partial charge in [0.25, 0.3) is 0 Å². The van der Waals surface area contributed by atoms with E-state index in [1.165, 1.54) is 7.11 Å². The van der Waals surface area contributed by atoms with E-state index < -0.39 is 5.97 Å². The van der Waals surface area contributed by atoms with Crippen molar-refractivity contribution >= 4 is 11.7 Å². The third kappa shape index (κ3) is 3.08. The van der Waals surface area contributed by atoms with E-state index in [1.807, 2.05) is 17.0 Å². The Morgan fingerprint density at radius 3 is 3.11 bits per heavy atom. The average Bonchev–Trinajstić information content (AvgIpc) is 2.45. The second kappa shape index (κ2) is 6.29. The van der Waals surface area contributed by atoms with E-state index in [4.69, 9.17) is 14.6 Å². The quantitative estimate of drug-likeness (QED) is 0.780. The predicted octanol–water partition coefficient (Wildman–Crippen LogP) is 0.430. The van der Waals surface area contributed by atoms with Gasteiger partial charge in [0, 0.05) is 6.54 Å². The maximum absolute atomic E-state index is 11.1. The van der Waals surface area contributed by atoms with E-state index in [0.717, 1.165) is 5.69 Å². The molecule has 1 aromatic rings. The van der Waals surface area contributed by atoms with Crippen molar-refractivity contribution in [2.24, 2.45) is 0 Å². The molecule has 0 radical (unpaired) electrons. The fraction of sp³-hybridized carbons (Fsp3) is 0.462. The van der Waals surface area contributed by atoms with Gasteiger partial charge in [0.2, 0.25) is 0 Å². The predicted molar refractivity (Wildman–Crippen MR) is 68.7 cm³/mol. The van der Waals surface area contributed by atoms with Crippen LogP contribution in [0.2, 0.25) is 0 Å². The fourth-order valence-electron chi connectivity index (χ4n) is 1.94. The molecule has 1 aliphatic rings. The zero-order valence-electron chi connectivity index (χ0n) is 10.8. The third-order valence-corrected chi connectivity index (χ3v) is 2.85. The van der Waals surface area contributed by atoms with Crippen LogP contribution in [-0.2, 0) is 9.53 Å². The molecule has 0 unspecified atom stereocenters. The molecule has 6 heteroatoms. The van der Waals surface area contributed by atoms with E-state index in [2.05, 4.69) is 4.74 Å². The van der Waals surface area contributed by atoms with Crippen LogP contribution in [0.4, 0.5) is 5.69 Å². The molecule has 104 valence electrons. The van der Waals surface area contributed by atoms with Crippen molar-refractivity contribution in [3.05, 3.63) is 18.2 Å². The Hall–Kier alpha value is -1.95. The van der Waals surface area contributed by atoms with Crippen LogP contribution in [0.25, 0.3) is 0 Å². The summed E-state index contributed by atoms with van der Waals surface area (Å²) >= 11 is 0. The summed E-state index contributed by atoms with van der Waals surface area (Å²) in [5, 5.41) is 9.05. The van der Waals surface area contributed by atoms with Gasteiger partial charge in [-0.25, -0.2) is 4.79 Å². The first-order chi connectivity index (χ1) is 9.26. The number of methoxy groups -OCH3 is 1. The molecule has 0 saturated carbocycles. The van der Waals surface area contributed by atoms with Gasteiger partial charge in [-0.3, -0.25) is 0 Å². The third-order valence-electron chi connectivity index (χ3n) is 2.85. The lowest BCUT2D eigenvalue weighted by atomic mass is 10.2. The number of carbonyl (C=O) groups excluding carboxylic acids is 1. The van der Waals surface area contributed by atoms with Gasteiger partial charge in [-0.05, 0) is 12.1 Å².